The van der Waals surface area contributed by atoms with Gasteiger partial charge in [0.15, 0.2) is 0 Å². The van der Waals surface area contributed by atoms with Crippen LogP contribution in [0.25, 0.3) is 0 Å². The number of methoxy groups -OCH3 is 1. The summed E-state index contributed by atoms with van der Waals surface area (Å²) in [5.74, 6) is 1.15. The van der Waals surface area contributed by atoms with Crippen molar-refractivity contribution in [3.63, 3.8) is 0 Å². The fourth-order valence-corrected chi connectivity index (χ4v) is 2.32. The first kappa shape index (κ1) is 13.6. The van der Waals surface area contributed by atoms with Gasteiger partial charge in [-0.3, -0.25) is 0 Å². The summed E-state index contributed by atoms with van der Waals surface area (Å²) in [7, 11) is 1.75. The van der Waals surface area contributed by atoms with Gasteiger partial charge in [0, 0.05) is 24.7 Å². The fourth-order valence-electron chi connectivity index (χ4n) is 1.41. The minimum Gasteiger partial charge on any atom is -0.385 e. The summed E-state index contributed by atoms with van der Waals surface area (Å²) in [6.45, 7) is 2.87. The van der Waals surface area contributed by atoms with Crippen LogP contribution in [0, 0.1) is 0 Å². The van der Waals surface area contributed by atoms with Crippen molar-refractivity contribution < 1.29 is 4.74 Å². The van der Waals surface area contributed by atoms with Crippen LogP contribution in [-0.4, -0.2) is 19.5 Å². The van der Waals surface area contributed by atoms with Crippen LogP contribution in [-0.2, 0) is 4.74 Å². The van der Waals surface area contributed by atoms with E-state index in [4.69, 9.17) is 10.5 Å². The molecule has 0 amide bonds. The lowest BCUT2D eigenvalue weighted by Gasteiger charge is -2.06. The van der Waals surface area contributed by atoms with Gasteiger partial charge in [-0.15, -0.1) is 11.8 Å². The van der Waals surface area contributed by atoms with Gasteiger partial charge in [-0.2, -0.15) is 0 Å². The number of thioether (sulfide) groups is 1. The predicted octanol–water partition coefficient (Wildman–Crippen LogP) is 3.23. The van der Waals surface area contributed by atoms with Gasteiger partial charge in [-0.1, -0.05) is 12.1 Å². The van der Waals surface area contributed by atoms with Crippen LogP contribution in [0.2, 0.25) is 0 Å². The third-order valence-electron chi connectivity index (χ3n) is 2.42. The van der Waals surface area contributed by atoms with Crippen molar-refractivity contribution in [3.05, 3.63) is 29.8 Å². The monoisotopic (exact) mass is 239 g/mol. The average molecular weight is 239 g/mol. The fraction of sp³-hybridized carbons (Fsp3) is 0.538. The summed E-state index contributed by atoms with van der Waals surface area (Å²) in [4.78, 5) is 1.32. The maximum atomic E-state index is 5.80. The summed E-state index contributed by atoms with van der Waals surface area (Å²) in [5, 5.41) is 0. The third-order valence-corrected chi connectivity index (χ3v) is 3.52. The molecule has 90 valence electrons. The van der Waals surface area contributed by atoms with Crippen LogP contribution in [0.4, 0.5) is 0 Å². The molecule has 0 fully saturated rings. The van der Waals surface area contributed by atoms with Crippen LogP contribution in [0.5, 0.6) is 0 Å². The van der Waals surface area contributed by atoms with Crippen LogP contribution in [0.15, 0.2) is 29.2 Å². The topological polar surface area (TPSA) is 35.2 Å². The number of nitrogens with two attached hydrogens (primary N) is 1. The van der Waals surface area contributed by atoms with Crippen molar-refractivity contribution in [1.82, 2.24) is 0 Å². The van der Waals surface area contributed by atoms with Crippen molar-refractivity contribution in [2.75, 3.05) is 19.5 Å². The molecule has 0 aromatic heterocycles. The third kappa shape index (κ3) is 5.01. The van der Waals surface area contributed by atoms with Crippen molar-refractivity contribution in [2.24, 2.45) is 5.73 Å². The summed E-state index contributed by atoms with van der Waals surface area (Å²) in [5.41, 5.74) is 7.00. The molecule has 1 rings (SSSR count). The molecule has 3 heteroatoms. The van der Waals surface area contributed by atoms with Crippen LogP contribution < -0.4 is 5.73 Å². The number of hydrogen-bond donors (Lipinski definition) is 1. The van der Waals surface area contributed by atoms with Crippen molar-refractivity contribution >= 4 is 11.8 Å². The largest absolute Gasteiger partial charge is 0.385 e. The molecule has 1 aromatic rings. The van der Waals surface area contributed by atoms with Gasteiger partial charge in [0.2, 0.25) is 0 Å². The highest BCUT2D eigenvalue weighted by atomic mass is 32.2. The minimum absolute atomic E-state index is 0.126. The molecule has 16 heavy (non-hydrogen) atoms. The molecule has 2 nitrogen and oxygen atoms in total. The number of ether oxygens (including phenoxy) is 1. The first-order valence-corrected chi connectivity index (χ1v) is 6.70. The smallest absolute Gasteiger partial charge is 0.0462 e. The molecule has 1 unspecified atom stereocenters. The molecule has 0 heterocycles. The summed E-state index contributed by atoms with van der Waals surface area (Å²) in [6, 6.07) is 8.66. The molecule has 0 bridgehead atoms. The second-order valence-corrected chi connectivity index (χ2v) is 5.07. The number of rotatable bonds is 7. The van der Waals surface area contributed by atoms with Gasteiger partial charge in [-0.25, -0.2) is 0 Å². The van der Waals surface area contributed by atoms with E-state index in [0.717, 1.165) is 18.8 Å². The standard InChI is InChI=1S/C13H21NOS/c1-11(14)12-5-7-13(8-6-12)16-10-4-3-9-15-2/h5-8,11H,3-4,9-10,14H2,1-2H3. The van der Waals surface area contributed by atoms with Gasteiger partial charge >= 0.3 is 0 Å². The Hall–Kier alpha value is -0.510. The minimum atomic E-state index is 0.126. The lowest BCUT2D eigenvalue weighted by molar-refractivity contribution is 0.194. The zero-order chi connectivity index (χ0) is 11.8. The molecule has 0 radical (unpaired) electrons. The molecule has 0 saturated heterocycles. The Morgan fingerprint density at radius 3 is 2.50 bits per heavy atom. The maximum absolute atomic E-state index is 5.80. The molecular formula is C13H21NOS. The molecule has 1 atom stereocenters. The normalized spacial score (nSPS) is 12.7. The molecule has 0 spiro atoms. The Morgan fingerprint density at radius 1 is 1.25 bits per heavy atom. The van der Waals surface area contributed by atoms with E-state index in [1.165, 1.54) is 16.9 Å². The first-order valence-electron chi connectivity index (χ1n) is 5.71. The predicted molar refractivity (Wildman–Crippen MR) is 70.9 cm³/mol. The molecule has 0 aliphatic rings. The van der Waals surface area contributed by atoms with Crippen LogP contribution in [0.3, 0.4) is 0 Å². The van der Waals surface area contributed by atoms with Gasteiger partial charge in [0.25, 0.3) is 0 Å². The van der Waals surface area contributed by atoms with E-state index in [-0.39, 0.29) is 6.04 Å². The van der Waals surface area contributed by atoms with Gasteiger partial charge in [-0.05, 0) is 43.2 Å². The van der Waals surface area contributed by atoms with E-state index in [1.54, 1.807) is 7.11 Å². The zero-order valence-electron chi connectivity index (χ0n) is 10.1. The second kappa shape index (κ2) is 7.71. The Morgan fingerprint density at radius 2 is 1.94 bits per heavy atom. The second-order valence-electron chi connectivity index (χ2n) is 3.91. The summed E-state index contributed by atoms with van der Waals surface area (Å²) >= 11 is 1.89. The Labute approximate surface area is 103 Å². The molecule has 1 aromatic carbocycles. The average Bonchev–Trinajstić information content (AvgIpc) is 2.29. The van der Waals surface area contributed by atoms with E-state index in [0.29, 0.717) is 0 Å². The van der Waals surface area contributed by atoms with Crippen LogP contribution >= 0.6 is 11.8 Å². The lowest BCUT2D eigenvalue weighted by atomic mass is 10.1. The van der Waals surface area contributed by atoms with Gasteiger partial charge < -0.3 is 10.5 Å². The number of unbranched alkanes of at least 4 members (excludes halogenated alkanes) is 1. The molecular weight excluding hydrogens is 218 g/mol. The van der Waals surface area contributed by atoms with E-state index in [1.807, 2.05) is 18.7 Å². The zero-order valence-corrected chi connectivity index (χ0v) is 10.9. The Bertz CT molecular complexity index is 284. The van der Waals surface area contributed by atoms with Crippen molar-refractivity contribution in [1.29, 1.82) is 0 Å². The Kier molecular flexibility index (Phi) is 6.53. The maximum Gasteiger partial charge on any atom is 0.0462 e. The Balaban J connectivity index is 2.27. The number of hydrogen-bond acceptors (Lipinski definition) is 3. The van der Waals surface area contributed by atoms with Crippen molar-refractivity contribution in [2.45, 2.75) is 30.7 Å². The van der Waals surface area contributed by atoms with Crippen molar-refractivity contribution in [3.8, 4) is 0 Å². The van der Waals surface area contributed by atoms with E-state index in [9.17, 15) is 0 Å². The van der Waals surface area contributed by atoms with Crippen LogP contribution in [0.1, 0.15) is 31.4 Å². The summed E-state index contributed by atoms with van der Waals surface area (Å²) < 4.78 is 5.01. The first-order chi connectivity index (χ1) is 7.74. The highest BCUT2D eigenvalue weighted by Crippen LogP contribution is 2.21. The van der Waals surface area contributed by atoms with Gasteiger partial charge in [0.05, 0.1) is 0 Å². The molecule has 2 N–H and O–H groups in total. The SMILES string of the molecule is COCCCCSc1ccc(C(C)N)cc1. The van der Waals surface area contributed by atoms with E-state index >= 15 is 0 Å². The van der Waals surface area contributed by atoms with E-state index < -0.39 is 0 Å². The number of benzene rings is 1. The van der Waals surface area contributed by atoms with Gasteiger partial charge in [0.1, 0.15) is 0 Å². The molecule has 0 aliphatic carbocycles. The lowest BCUT2D eigenvalue weighted by Crippen LogP contribution is -2.04. The summed E-state index contributed by atoms with van der Waals surface area (Å²) in [6.07, 6.45) is 2.34. The highest BCUT2D eigenvalue weighted by molar-refractivity contribution is 7.99. The highest BCUT2D eigenvalue weighted by Gasteiger charge is 1.99. The molecule has 0 aliphatic heterocycles. The quantitative estimate of drug-likeness (QED) is 0.586. The molecule has 0 saturated carbocycles. The van der Waals surface area contributed by atoms with E-state index in [2.05, 4.69) is 24.3 Å².